The van der Waals surface area contributed by atoms with Gasteiger partial charge >= 0.3 is 5.97 Å². The van der Waals surface area contributed by atoms with Crippen molar-refractivity contribution in [2.75, 3.05) is 0 Å². The highest BCUT2D eigenvalue weighted by Gasteiger charge is 2.20. The van der Waals surface area contributed by atoms with Crippen LogP contribution in [-0.2, 0) is 16.6 Å². The Kier molecular flexibility index (Phi) is 3.81. The Bertz CT molecular complexity index is 741. The smallest absolute Gasteiger partial charge is 0.371 e. The topological polar surface area (TPSA) is 110 Å². The summed E-state index contributed by atoms with van der Waals surface area (Å²) in [5, 5.41) is 7.92. The maximum absolute atomic E-state index is 13.3. The molecule has 0 amide bonds. The minimum absolute atomic E-state index is 0.0855. The summed E-state index contributed by atoms with van der Waals surface area (Å²) in [7, 11) is -4.14. The number of aromatic nitrogens is 1. The first-order valence-electron chi connectivity index (χ1n) is 5.32. The maximum atomic E-state index is 13.3. The van der Waals surface area contributed by atoms with Crippen molar-refractivity contribution in [3.05, 3.63) is 47.8 Å². The van der Waals surface area contributed by atoms with Gasteiger partial charge in [-0.3, -0.25) is 0 Å². The van der Waals surface area contributed by atoms with Crippen LogP contribution in [0.1, 0.15) is 16.3 Å². The van der Waals surface area contributed by atoms with Crippen molar-refractivity contribution in [2.45, 2.75) is 11.6 Å². The Morgan fingerprint density at radius 1 is 1.40 bits per heavy atom. The largest absolute Gasteiger partial charge is 0.475 e. The molecule has 0 fully saturated rings. The third-order valence-electron chi connectivity index (χ3n) is 2.29. The van der Waals surface area contributed by atoms with Crippen molar-refractivity contribution in [3.63, 3.8) is 0 Å². The molecule has 0 aliphatic heterocycles. The van der Waals surface area contributed by atoms with E-state index in [2.05, 4.69) is 9.71 Å². The molecule has 7 nitrogen and oxygen atoms in total. The molecule has 9 heteroatoms. The molecule has 2 rings (SSSR count). The third kappa shape index (κ3) is 3.00. The molecule has 2 aromatic rings. The molecule has 0 unspecified atom stereocenters. The van der Waals surface area contributed by atoms with Gasteiger partial charge in [0.05, 0.1) is 6.54 Å². The molecule has 20 heavy (non-hydrogen) atoms. The summed E-state index contributed by atoms with van der Waals surface area (Å²) < 4.78 is 43.9. The van der Waals surface area contributed by atoms with Crippen molar-refractivity contribution in [1.82, 2.24) is 9.71 Å². The number of nitrogens with zero attached hydrogens (tertiary/aromatic N) is 1. The number of furan rings is 1. The molecule has 0 radical (unpaired) electrons. The number of hydrogen-bond acceptors (Lipinski definition) is 5. The summed E-state index contributed by atoms with van der Waals surface area (Å²) in [5.41, 5.74) is 0. The summed E-state index contributed by atoms with van der Waals surface area (Å²) in [6.45, 7) is -0.314. The van der Waals surface area contributed by atoms with Crippen molar-refractivity contribution >= 4 is 16.0 Å². The first-order valence-corrected chi connectivity index (χ1v) is 6.80. The fraction of sp³-hybridized carbons (Fsp3) is 0.0909. The van der Waals surface area contributed by atoms with Gasteiger partial charge in [-0.05, 0) is 24.3 Å². The van der Waals surface area contributed by atoms with Gasteiger partial charge in [-0.25, -0.2) is 27.3 Å². The molecule has 0 spiro atoms. The minimum atomic E-state index is -4.14. The van der Waals surface area contributed by atoms with Crippen molar-refractivity contribution in [3.8, 4) is 0 Å². The molecule has 2 heterocycles. The van der Waals surface area contributed by atoms with E-state index in [0.29, 0.717) is 0 Å². The van der Waals surface area contributed by atoms with E-state index in [4.69, 9.17) is 9.52 Å². The second-order valence-electron chi connectivity index (χ2n) is 3.69. The third-order valence-corrected chi connectivity index (χ3v) is 3.62. The molecule has 2 N–H and O–H groups in total. The predicted molar refractivity (Wildman–Crippen MR) is 63.9 cm³/mol. The van der Waals surface area contributed by atoms with Crippen LogP contribution in [0.5, 0.6) is 0 Å². The molecule has 106 valence electrons. The average Bonchev–Trinajstić information content (AvgIpc) is 2.86. The minimum Gasteiger partial charge on any atom is -0.475 e. The second kappa shape index (κ2) is 5.39. The normalized spacial score (nSPS) is 11.4. The Labute approximate surface area is 113 Å². The maximum Gasteiger partial charge on any atom is 0.371 e. The molecule has 0 aromatic carbocycles. The first kappa shape index (κ1) is 14.2. The van der Waals surface area contributed by atoms with Gasteiger partial charge in [-0.15, -0.1) is 0 Å². The number of carboxylic acid groups (broad SMARTS) is 1. The van der Waals surface area contributed by atoms with Crippen molar-refractivity contribution in [1.29, 1.82) is 0 Å². The van der Waals surface area contributed by atoms with Gasteiger partial charge in [0.15, 0.2) is 5.82 Å². The number of hydrogen-bond donors (Lipinski definition) is 2. The lowest BCUT2D eigenvalue weighted by atomic mass is 10.4. The van der Waals surface area contributed by atoms with Crippen LogP contribution in [0.3, 0.4) is 0 Å². The molecule has 0 bridgehead atoms. The molecule has 0 aliphatic rings. The van der Waals surface area contributed by atoms with Crippen LogP contribution in [0.2, 0.25) is 0 Å². The van der Waals surface area contributed by atoms with Crippen LogP contribution >= 0.6 is 0 Å². The fourth-order valence-electron chi connectivity index (χ4n) is 1.39. The van der Waals surface area contributed by atoms with E-state index in [1.165, 1.54) is 18.2 Å². The zero-order valence-electron chi connectivity index (χ0n) is 9.91. The van der Waals surface area contributed by atoms with Gasteiger partial charge in [0, 0.05) is 6.20 Å². The van der Waals surface area contributed by atoms with Crippen LogP contribution in [0, 0.1) is 5.82 Å². The van der Waals surface area contributed by atoms with E-state index in [0.717, 1.165) is 12.3 Å². The molecule has 0 aliphatic carbocycles. The molecular weight excluding hydrogens is 291 g/mol. The summed E-state index contributed by atoms with van der Waals surface area (Å²) in [6.07, 6.45) is 1.15. The summed E-state index contributed by atoms with van der Waals surface area (Å²) in [6, 6.07) is 4.73. The SMILES string of the molecule is O=C(O)c1ccc(CNS(=O)(=O)c2ncccc2F)o1. The summed E-state index contributed by atoms with van der Waals surface area (Å²) in [5.74, 6) is -2.48. The number of nitrogens with one attached hydrogen (secondary N) is 1. The Morgan fingerprint density at radius 3 is 2.75 bits per heavy atom. The second-order valence-corrected chi connectivity index (χ2v) is 5.37. The molecular formula is C11H9FN2O5S. The van der Waals surface area contributed by atoms with E-state index < -0.39 is 26.8 Å². The van der Waals surface area contributed by atoms with Gasteiger partial charge in [-0.1, -0.05) is 0 Å². The van der Waals surface area contributed by atoms with Gasteiger partial charge < -0.3 is 9.52 Å². The summed E-state index contributed by atoms with van der Waals surface area (Å²) >= 11 is 0. The highest BCUT2D eigenvalue weighted by atomic mass is 32.2. The fourth-order valence-corrected chi connectivity index (χ4v) is 2.38. The number of halogens is 1. The van der Waals surface area contributed by atoms with Gasteiger partial charge in [0.1, 0.15) is 5.76 Å². The van der Waals surface area contributed by atoms with E-state index in [1.54, 1.807) is 0 Å². The summed E-state index contributed by atoms with van der Waals surface area (Å²) in [4.78, 5) is 14.0. The number of rotatable bonds is 5. The highest BCUT2D eigenvalue weighted by Crippen LogP contribution is 2.12. The van der Waals surface area contributed by atoms with Gasteiger partial charge in [-0.2, -0.15) is 0 Å². The van der Waals surface area contributed by atoms with E-state index in [1.807, 2.05) is 0 Å². The zero-order valence-corrected chi connectivity index (χ0v) is 10.7. The number of carboxylic acids is 1. The molecule has 2 aromatic heterocycles. The first-order chi connectivity index (χ1) is 9.40. The molecule has 0 saturated carbocycles. The Morgan fingerprint density at radius 2 is 2.15 bits per heavy atom. The van der Waals surface area contributed by atoms with Gasteiger partial charge in [0.2, 0.25) is 10.8 Å². The number of aromatic carboxylic acids is 1. The van der Waals surface area contributed by atoms with Crippen LogP contribution in [0.25, 0.3) is 0 Å². The van der Waals surface area contributed by atoms with Crippen molar-refractivity contribution in [2.24, 2.45) is 0 Å². The van der Waals surface area contributed by atoms with Gasteiger partial charge in [0.25, 0.3) is 10.0 Å². The van der Waals surface area contributed by atoms with Crippen LogP contribution in [0.15, 0.2) is 39.9 Å². The van der Waals surface area contributed by atoms with Crippen LogP contribution < -0.4 is 4.72 Å². The lowest BCUT2D eigenvalue weighted by Crippen LogP contribution is -2.25. The monoisotopic (exact) mass is 300 g/mol. The molecule has 0 saturated heterocycles. The molecule has 0 atom stereocenters. The predicted octanol–water partition coefficient (Wildman–Crippen LogP) is 0.990. The number of carbonyl (C=O) groups is 1. The lowest BCUT2D eigenvalue weighted by molar-refractivity contribution is 0.0660. The Hall–Kier alpha value is -2.26. The quantitative estimate of drug-likeness (QED) is 0.852. The average molecular weight is 300 g/mol. The van der Waals surface area contributed by atoms with E-state index in [-0.39, 0.29) is 18.1 Å². The zero-order chi connectivity index (χ0) is 14.8. The standard InChI is InChI=1S/C11H9FN2O5S/c12-8-2-1-5-13-10(8)20(17,18)14-6-7-3-4-9(19-7)11(15)16/h1-5,14H,6H2,(H,15,16). The van der Waals surface area contributed by atoms with Crippen LogP contribution in [0.4, 0.5) is 4.39 Å². The number of sulfonamides is 1. The van der Waals surface area contributed by atoms with Crippen molar-refractivity contribution < 1.29 is 27.1 Å². The van der Waals surface area contributed by atoms with Crippen LogP contribution in [-0.4, -0.2) is 24.5 Å². The lowest BCUT2D eigenvalue weighted by Gasteiger charge is -2.04. The Balaban J connectivity index is 2.13. The highest BCUT2D eigenvalue weighted by molar-refractivity contribution is 7.89. The van der Waals surface area contributed by atoms with E-state index in [9.17, 15) is 17.6 Å². The van der Waals surface area contributed by atoms with E-state index >= 15 is 0 Å². The number of pyridine rings is 1.